The lowest BCUT2D eigenvalue weighted by atomic mass is 10.0. The SMILES string of the molecule is Cc1cc2[nH]c(=O)c(=O)[nH]c2c(-c2n[nH]c(=S)n2N)c1C. The molecule has 9 heteroatoms. The summed E-state index contributed by atoms with van der Waals surface area (Å²) in [4.78, 5) is 28.2. The molecule has 0 fully saturated rings. The number of fused-ring (bicyclic) bond motifs is 1. The van der Waals surface area contributed by atoms with Gasteiger partial charge in [-0.15, -0.1) is 0 Å². The Labute approximate surface area is 122 Å². The summed E-state index contributed by atoms with van der Waals surface area (Å²) in [6.07, 6.45) is 0. The molecule has 0 amide bonds. The Morgan fingerprint density at radius 3 is 2.52 bits per heavy atom. The van der Waals surface area contributed by atoms with Gasteiger partial charge in [0.1, 0.15) is 0 Å². The number of nitrogens with two attached hydrogens (primary N) is 1. The van der Waals surface area contributed by atoms with Crippen molar-refractivity contribution in [2.45, 2.75) is 13.8 Å². The molecule has 3 rings (SSSR count). The fourth-order valence-corrected chi connectivity index (χ4v) is 2.39. The second-order valence-corrected chi connectivity index (χ2v) is 5.13. The summed E-state index contributed by atoms with van der Waals surface area (Å²) in [7, 11) is 0. The Morgan fingerprint density at radius 2 is 1.90 bits per heavy atom. The van der Waals surface area contributed by atoms with Crippen LogP contribution in [0.3, 0.4) is 0 Å². The molecule has 0 aliphatic carbocycles. The predicted octanol–water partition coefficient (Wildman–Crippen LogP) is 0.468. The molecule has 21 heavy (non-hydrogen) atoms. The van der Waals surface area contributed by atoms with E-state index in [1.807, 2.05) is 13.8 Å². The van der Waals surface area contributed by atoms with Crippen molar-refractivity contribution in [2.75, 3.05) is 5.84 Å². The number of nitrogens with one attached hydrogen (secondary N) is 3. The van der Waals surface area contributed by atoms with E-state index in [-0.39, 0.29) is 4.77 Å². The highest BCUT2D eigenvalue weighted by atomic mass is 32.1. The number of aromatic nitrogens is 5. The number of aromatic amines is 3. The molecular weight excluding hydrogens is 292 g/mol. The van der Waals surface area contributed by atoms with Gasteiger partial charge in [-0.1, -0.05) is 0 Å². The molecule has 5 N–H and O–H groups in total. The molecule has 0 bridgehead atoms. The molecule has 8 nitrogen and oxygen atoms in total. The van der Waals surface area contributed by atoms with Crippen molar-refractivity contribution < 1.29 is 0 Å². The average Bonchev–Trinajstić information content (AvgIpc) is 2.75. The van der Waals surface area contributed by atoms with Crippen LogP contribution in [0.5, 0.6) is 0 Å². The first-order chi connectivity index (χ1) is 9.90. The Hall–Kier alpha value is -2.68. The topological polar surface area (TPSA) is 125 Å². The highest BCUT2D eigenvalue weighted by molar-refractivity contribution is 7.71. The van der Waals surface area contributed by atoms with Gasteiger partial charge in [0.25, 0.3) is 0 Å². The van der Waals surface area contributed by atoms with Crippen LogP contribution in [-0.4, -0.2) is 24.8 Å². The maximum absolute atomic E-state index is 11.6. The number of benzene rings is 1. The molecule has 2 heterocycles. The van der Waals surface area contributed by atoms with Crippen molar-refractivity contribution in [3.05, 3.63) is 42.7 Å². The van der Waals surface area contributed by atoms with E-state index in [0.717, 1.165) is 11.1 Å². The summed E-state index contributed by atoms with van der Waals surface area (Å²) >= 11 is 5.01. The van der Waals surface area contributed by atoms with E-state index in [0.29, 0.717) is 22.4 Å². The summed E-state index contributed by atoms with van der Waals surface area (Å²) in [5.41, 5.74) is 1.95. The van der Waals surface area contributed by atoms with Gasteiger partial charge < -0.3 is 15.8 Å². The monoisotopic (exact) mass is 304 g/mol. The van der Waals surface area contributed by atoms with Gasteiger partial charge >= 0.3 is 11.1 Å². The van der Waals surface area contributed by atoms with Crippen LogP contribution in [0.25, 0.3) is 22.4 Å². The predicted molar refractivity (Wildman–Crippen MR) is 81.2 cm³/mol. The smallest absolute Gasteiger partial charge is 0.314 e. The van der Waals surface area contributed by atoms with Crippen LogP contribution in [-0.2, 0) is 0 Å². The summed E-state index contributed by atoms with van der Waals surface area (Å²) in [6.45, 7) is 3.77. The van der Waals surface area contributed by atoms with Crippen LogP contribution in [0.2, 0.25) is 0 Å². The normalized spacial score (nSPS) is 11.1. The number of nitrogens with zero attached hydrogens (tertiary/aromatic N) is 2. The summed E-state index contributed by atoms with van der Waals surface area (Å²) in [5.74, 6) is 6.25. The second-order valence-electron chi connectivity index (χ2n) is 4.75. The minimum Gasteiger partial charge on any atom is -0.335 e. The van der Waals surface area contributed by atoms with E-state index in [9.17, 15) is 9.59 Å². The van der Waals surface area contributed by atoms with Crippen LogP contribution >= 0.6 is 12.2 Å². The number of H-pyrrole nitrogens is 3. The highest BCUT2D eigenvalue weighted by Gasteiger charge is 2.17. The lowest BCUT2D eigenvalue weighted by Crippen LogP contribution is -2.29. The standard InChI is InChI=1S/C12H12N6O2S/c1-4-3-6-8(15-11(20)10(19)14-6)7(5(4)2)9-16-17-12(21)18(9)13/h3H,13H2,1-2H3,(H,14,19)(H,15,20)(H,17,21). The van der Waals surface area contributed by atoms with Gasteiger partial charge in [0.2, 0.25) is 4.77 Å². The van der Waals surface area contributed by atoms with E-state index < -0.39 is 11.1 Å². The number of hydrogen-bond acceptors (Lipinski definition) is 5. The van der Waals surface area contributed by atoms with E-state index in [1.165, 1.54) is 4.68 Å². The van der Waals surface area contributed by atoms with Crippen LogP contribution < -0.4 is 17.0 Å². The first kappa shape index (κ1) is 13.3. The first-order valence-corrected chi connectivity index (χ1v) is 6.50. The maximum atomic E-state index is 11.6. The van der Waals surface area contributed by atoms with E-state index in [4.69, 9.17) is 18.1 Å². The third-order valence-electron chi connectivity index (χ3n) is 3.47. The van der Waals surface area contributed by atoms with Crippen LogP contribution in [0.4, 0.5) is 0 Å². The second kappa shape index (κ2) is 4.42. The van der Waals surface area contributed by atoms with Crippen molar-refractivity contribution >= 4 is 23.3 Å². The molecule has 0 spiro atoms. The van der Waals surface area contributed by atoms with Crippen molar-refractivity contribution in [2.24, 2.45) is 0 Å². The molecule has 0 aliphatic rings. The molecule has 0 radical (unpaired) electrons. The summed E-state index contributed by atoms with van der Waals surface area (Å²) in [6, 6.07) is 1.79. The lowest BCUT2D eigenvalue weighted by Gasteiger charge is -2.11. The molecule has 0 saturated carbocycles. The molecule has 0 atom stereocenters. The fraction of sp³-hybridized carbons (Fsp3) is 0.167. The van der Waals surface area contributed by atoms with E-state index in [1.54, 1.807) is 6.07 Å². The van der Waals surface area contributed by atoms with Crippen molar-refractivity contribution in [1.82, 2.24) is 24.8 Å². The molecule has 3 aromatic rings. The van der Waals surface area contributed by atoms with Gasteiger partial charge in [0.15, 0.2) is 5.82 Å². The molecule has 2 aromatic heterocycles. The van der Waals surface area contributed by atoms with Crippen molar-refractivity contribution in [3.63, 3.8) is 0 Å². The van der Waals surface area contributed by atoms with Gasteiger partial charge in [-0.2, -0.15) is 5.10 Å². The lowest BCUT2D eigenvalue weighted by molar-refractivity contribution is 0.982. The summed E-state index contributed by atoms with van der Waals surface area (Å²) in [5, 5.41) is 6.70. The van der Waals surface area contributed by atoms with Crippen LogP contribution in [0.1, 0.15) is 11.1 Å². The summed E-state index contributed by atoms with van der Waals surface area (Å²) < 4.78 is 1.48. The first-order valence-electron chi connectivity index (χ1n) is 6.09. The van der Waals surface area contributed by atoms with Gasteiger partial charge in [0, 0.05) is 5.56 Å². The largest absolute Gasteiger partial charge is 0.335 e. The number of aryl methyl sites for hydroxylation is 1. The Balaban J connectivity index is 2.57. The molecule has 0 unspecified atom stereocenters. The molecule has 1 aromatic carbocycles. The average molecular weight is 304 g/mol. The zero-order valence-electron chi connectivity index (χ0n) is 11.3. The zero-order chi connectivity index (χ0) is 15.3. The fourth-order valence-electron chi connectivity index (χ4n) is 2.25. The minimum atomic E-state index is -0.732. The van der Waals surface area contributed by atoms with Gasteiger partial charge in [-0.25, -0.2) is 9.77 Å². The Kier molecular flexibility index (Phi) is 2.80. The zero-order valence-corrected chi connectivity index (χ0v) is 12.1. The van der Waals surface area contributed by atoms with Gasteiger partial charge in [-0.3, -0.25) is 9.59 Å². The third-order valence-corrected chi connectivity index (χ3v) is 3.76. The van der Waals surface area contributed by atoms with Crippen molar-refractivity contribution in [1.29, 1.82) is 0 Å². The van der Waals surface area contributed by atoms with Crippen LogP contribution in [0, 0.1) is 18.6 Å². The van der Waals surface area contributed by atoms with Crippen LogP contribution in [0.15, 0.2) is 15.7 Å². The molecule has 0 saturated heterocycles. The van der Waals surface area contributed by atoms with E-state index >= 15 is 0 Å². The van der Waals surface area contributed by atoms with Gasteiger partial charge in [0.05, 0.1) is 11.0 Å². The van der Waals surface area contributed by atoms with E-state index in [2.05, 4.69) is 20.2 Å². The Bertz CT molecular complexity index is 1040. The number of hydrogen-bond donors (Lipinski definition) is 4. The number of nitrogen functional groups attached to an aromatic ring is 1. The molecular formula is C12H12N6O2S. The van der Waals surface area contributed by atoms with Gasteiger partial charge in [-0.05, 0) is 43.3 Å². The minimum absolute atomic E-state index is 0.255. The Morgan fingerprint density at radius 1 is 1.24 bits per heavy atom. The quantitative estimate of drug-likeness (QED) is 0.295. The molecule has 108 valence electrons. The highest BCUT2D eigenvalue weighted by Crippen LogP contribution is 2.29. The molecule has 0 aliphatic heterocycles. The van der Waals surface area contributed by atoms with Crippen molar-refractivity contribution in [3.8, 4) is 11.4 Å². The third kappa shape index (κ3) is 1.89. The maximum Gasteiger partial charge on any atom is 0.314 e. The number of rotatable bonds is 1.